The van der Waals surface area contributed by atoms with E-state index in [0.29, 0.717) is 0 Å². The number of aliphatic carboxylic acids is 1. The summed E-state index contributed by atoms with van der Waals surface area (Å²) in [5.74, 6) is -0.643. The summed E-state index contributed by atoms with van der Waals surface area (Å²) in [6, 6.07) is 4.23. The number of thiophene rings is 1. The number of hydrogen-bond acceptors (Lipinski definition) is 3. The molecule has 0 amide bonds. The van der Waals surface area contributed by atoms with Crippen molar-refractivity contribution in [3.05, 3.63) is 21.9 Å². The predicted molar refractivity (Wildman–Crippen MR) is 74.0 cm³/mol. The molecule has 0 bridgehead atoms. The zero-order valence-electron chi connectivity index (χ0n) is 11.1. The molecule has 1 atom stereocenters. The van der Waals surface area contributed by atoms with E-state index < -0.39 is 11.5 Å². The number of hydrogen-bond donors (Lipinski definition) is 1. The van der Waals surface area contributed by atoms with Crippen LogP contribution < -0.4 is 0 Å². The first-order valence-electron chi connectivity index (χ1n) is 6.62. The van der Waals surface area contributed by atoms with Gasteiger partial charge in [-0.15, -0.1) is 11.3 Å². The molecule has 1 fully saturated rings. The Balaban J connectivity index is 2.17. The molecule has 1 unspecified atom stereocenters. The lowest BCUT2D eigenvalue weighted by molar-refractivity contribution is -0.150. The van der Waals surface area contributed by atoms with Crippen molar-refractivity contribution in [2.24, 2.45) is 0 Å². The molecule has 2 heterocycles. The number of carboxylic acids is 1. The molecule has 0 spiro atoms. The molecule has 0 radical (unpaired) electrons. The molecule has 1 aromatic heterocycles. The van der Waals surface area contributed by atoms with Gasteiger partial charge in [0, 0.05) is 16.3 Å². The normalized spacial score (nSPS) is 24.6. The highest BCUT2D eigenvalue weighted by atomic mass is 32.1. The van der Waals surface area contributed by atoms with Gasteiger partial charge < -0.3 is 5.11 Å². The lowest BCUT2D eigenvalue weighted by Crippen LogP contribution is -2.49. The van der Waals surface area contributed by atoms with E-state index in [2.05, 4.69) is 30.9 Å². The second-order valence-corrected chi connectivity index (χ2v) is 6.50. The van der Waals surface area contributed by atoms with Gasteiger partial charge in [-0.1, -0.05) is 13.3 Å². The van der Waals surface area contributed by atoms with Crippen LogP contribution in [-0.4, -0.2) is 28.1 Å². The highest BCUT2D eigenvalue weighted by molar-refractivity contribution is 7.11. The fraction of sp³-hybridized carbons (Fsp3) is 0.643. The van der Waals surface area contributed by atoms with Gasteiger partial charge in [-0.05, 0) is 44.9 Å². The lowest BCUT2D eigenvalue weighted by Gasteiger charge is -2.34. The Bertz CT molecular complexity index is 429. The molecular formula is C14H21NO2S. The summed E-state index contributed by atoms with van der Waals surface area (Å²) in [5, 5.41) is 9.61. The summed E-state index contributed by atoms with van der Waals surface area (Å²) in [6.07, 6.45) is 3.47. The van der Waals surface area contributed by atoms with E-state index >= 15 is 0 Å². The number of carbonyl (C=O) groups is 1. The zero-order chi connectivity index (χ0) is 13.2. The summed E-state index contributed by atoms with van der Waals surface area (Å²) < 4.78 is 0. The molecular weight excluding hydrogens is 246 g/mol. The third kappa shape index (κ3) is 2.45. The van der Waals surface area contributed by atoms with Gasteiger partial charge in [0.05, 0.1) is 0 Å². The first-order chi connectivity index (χ1) is 8.58. The van der Waals surface area contributed by atoms with E-state index in [1.165, 1.54) is 9.75 Å². The Hall–Kier alpha value is -0.870. The Morgan fingerprint density at radius 2 is 2.33 bits per heavy atom. The van der Waals surface area contributed by atoms with Crippen LogP contribution in [0.3, 0.4) is 0 Å². The number of nitrogens with zero attached hydrogens (tertiary/aromatic N) is 1. The molecule has 0 aliphatic carbocycles. The Morgan fingerprint density at radius 1 is 1.56 bits per heavy atom. The minimum Gasteiger partial charge on any atom is -0.480 e. The molecule has 1 aromatic rings. The van der Waals surface area contributed by atoms with Gasteiger partial charge in [0.1, 0.15) is 5.54 Å². The van der Waals surface area contributed by atoms with Gasteiger partial charge in [-0.3, -0.25) is 9.69 Å². The van der Waals surface area contributed by atoms with Crippen LogP contribution in [-0.2, 0) is 11.3 Å². The molecule has 2 rings (SSSR count). The van der Waals surface area contributed by atoms with Crippen LogP contribution in [0.2, 0.25) is 0 Å². The predicted octanol–water partition coefficient (Wildman–Crippen LogP) is 3.28. The van der Waals surface area contributed by atoms with Gasteiger partial charge in [0.25, 0.3) is 0 Å². The number of aryl methyl sites for hydroxylation is 1. The second-order valence-electron chi connectivity index (χ2n) is 5.12. The van der Waals surface area contributed by atoms with E-state index in [1.807, 2.05) is 0 Å². The van der Waals surface area contributed by atoms with Crippen molar-refractivity contribution in [1.29, 1.82) is 0 Å². The van der Waals surface area contributed by atoms with Crippen LogP contribution in [0.25, 0.3) is 0 Å². The Morgan fingerprint density at radius 3 is 2.89 bits per heavy atom. The molecule has 1 aliphatic rings. The SMILES string of the molecule is CCCC1(C(=O)O)CCCN1Cc1ccc(C)s1. The fourth-order valence-corrected chi connectivity index (χ4v) is 3.88. The van der Waals surface area contributed by atoms with Crippen molar-refractivity contribution < 1.29 is 9.90 Å². The highest BCUT2D eigenvalue weighted by Crippen LogP contribution is 2.36. The summed E-state index contributed by atoms with van der Waals surface area (Å²) in [7, 11) is 0. The third-order valence-electron chi connectivity index (χ3n) is 3.83. The smallest absolute Gasteiger partial charge is 0.324 e. The Labute approximate surface area is 112 Å². The van der Waals surface area contributed by atoms with Gasteiger partial charge in [-0.25, -0.2) is 0 Å². The maximum atomic E-state index is 11.7. The van der Waals surface area contributed by atoms with E-state index in [4.69, 9.17) is 0 Å². The molecule has 0 saturated carbocycles. The van der Waals surface area contributed by atoms with Crippen LogP contribution >= 0.6 is 11.3 Å². The van der Waals surface area contributed by atoms with Crippen molar-refractivity contribution in [2.75, 3.05) is 6.54 Å². The highest BCUT2D eigenvalue weighted by Gasteiger charge is 2.46. The topological polar surface area (TPSA) is 40.5 Å². The molecule has 100 valence electrons. The first kappa shape index (κ1) is 13.6. The van der Waals surface area contributed by atoms with Crippen LogP contribution in [0.15, 0.2) is 12.1 Å². The minimum atomic E-state index is -0.643. The Kier molecular flexibility index (Phi) is 4.07. The van der Waals surface area contributed by atoms with Gasteiger partial charge in [0.15, 0.2) is 0 Å². The fourth-order valence-electron chi connectivity index (χ4n) is 2.97. The summed E-state index contributed by atoms with van der Waals surface area (Å²) in [5.41, 5.74) is -0.618. The van der Waals surface area contributed by atoms with Crippen LogP contribution in [0.4, 0.5) is 0 Å². The molecule has 0 aromatic carbocycles. The largest absolute Gasteiger partial charge is 0.480 e. The van der Waals surface area contributed by atoms with E-state index in [9.17, 15) is 9.90 Å². The van der Waals surface area contributed by atoms with Crippen molar-refractivity contribution in [1.82, 2.24) is 4.90 Å². The van der Waals surface area contributed by atoms with Crippen molar-refractivity contribution in [3.63, 3.8) is 0 Å². The van der Waals surface area contributed by atoms with E-state index in [1.54, 1.807) is 11.3 Å². The summed E-state index contributed by atoms with van der Waals surface area (Å²) in [6.45, 7) is 5.85. The maximum absolute atomic E-state index is 11.7. The molecule has 1 saturated heterocycles. The number of likely N-dealkylation sites (tertiary alicyclic amines) is 1. The third-order valence-corrected chi connectivity index (χ3v) is 4.81. The molecule has 18 heavy (non-hydrogen) atoms. The first-order valence-corrected chi connectivity index (χ1v) is 7.44. The molecule has 1 aliphatic heterocycles. The van der Waals surface area contributed by atoms with Crippen LogP contribution in [0.5, 0.6) is 0 Å². The standard InChI is InChI=1S/C14H21NO2S/c1-3-7-14(13(16)17)8-4-9-15(14)10-12-6-5-11(2)18-12/h5-6H,3-4,7-10H2,1-2H3,(H,16,17). The quantitative estimate of drug-likeness (QED) is 0.890. The van der Waals surface area contributed by atoms with Crippen molar-refractivity contribution >= 4 is 17.3 Å². The van der Waals surface area contributed by atoms with Crippen molar-refractivity contribution in [2.45, 2.75) is 51.6 Å². The zero-order valence-corrected chi connectivity index (χ0v) is 11.9. The average Bonchev–Trinajstić information content (AvgIpc) is 2.88. The molecule has 3 nitrogen and oxygen atoms in total. The second kappa shape index (κ2) is 5.41. The number of carboxylic acid groups (broad SMARTS) is 1. The number of rotatable bonds is 5. The molecule has 4 heteroatoms. The summed E-state index contributed by atoms with van der Waals surface area (Å²) in [4.78, 5) is 16.4. The molecule has 1 N–H and O–H groups in total. The summed E-state index contributed by atoms with van der Waals surface area (Å²) >= 11 is 1.77. The van der Waals surface area contributed by atoms with Crippen LogP contribution in [0.1, 0.15) is 42.4 Å². The van der Waals surface area contributed by atoms with Crippen molar-refractivity contribution in [3.8, 4) is 0 Å². The monoisotopic (exact) mass is 267 g/mol. The van der Waals surface area contributed by atoms with Gasteiger partial charge in [0.2, 0.25) is 0 Å². The maximum Gasteiger partial charge on any atom is 0.324 e. The van der Waals surface area contributed by atoms with Gasteiger partial charge >= 0.3 is 5.97 Å². The lowest BCUT2D eigenvalue weighted by atomic mass is 9.90. The average molecular weight is 267 g/mol. The van der Waals surface area contributed by atoms with Crippen LogP contribution in [0, 0.1) is 6.92 Å². The van der Waals surface area contributed by atoms with E-state index in [0.717, 1.165) is 38.8 Å². The van der Waals surface area contributed by atoms with E-state index in [-0.39, 0.29) is 0 Å². The van der Waals surface area contributed by atoms with Gasteiger partial charge in [-0.2, -0.15) is 0 Å². The minimum absolute atomic E-state index is 0.618.